The number of hydrogen-bond donors (Lipinski definition) is 1. The third-order valence-corrected chi connectivity index (χ3v) is 2.96. The van der Waals surface area contributed by atoms with E-state index >= 15 is 0 Å². The van der Waals surface area contributed by atoms with Crippen LogP contribution in [0, 0.1) is 6.92 Å². The summed E-state index contributed by atoms with van der Waals surface area (Å²) in [4.78, 5) is 16.0. The standard InChI is InChI=1S/C16H18N2O2/c1-12-6-3-4-8-15(12)20-13(2)16(19)18-11-14-7-5-9-17-10-14/h3-10,13H,11H2,1-2H3,(H,18,19)/t13-/m0/s1. The largest absolute Gasteiger partial charge is 0.481 e. The molecule has 1 heterocycles. The SMILES string of the molecule is Cc1ccccc1O[C@@H](C)C(=O)NCc1cccnc1. The predicted octanol–water partition coefficient (Wildman–Crippen LogP) is 2.47. The smallest absolute Gasteiger partial charge is 0.261 e. The van der Waals surface area contributed by atoms with Crippen molar-refractivity contribution >= 4 is 5.91 Å². The molecule has 0 saturated carbocycles. The van der Waals surface area contributed by atoms with E-state index in [-0.39, 0.29) is 5.91 Å². The van der Waals surface area contributed by atoms with Crippen molar-refractivity contribution in [2.45, 2.75) is 26.5 Å². The second-order valence-corrected chi connectivity index (χ2v) is 4.60. The lowest BCUT2D eigenvalue weighted by Gasteiger charge is -2.16. The Bertz CT molecular complexity index is 570. The van der Waals surface area contributed by atoms with Crippen LogP contribution in [0.2, 0.25) is 0 Å². The lowest BCUT2D eigenvalue weighted by atomic mass is 10.2. The highest BCUT2D eigenvalue weighted by molar-refractivity contribution is 5.80. The van der Waals surface area contributed by atoms with E-state index in [1.165, 1.54) is 0 Å². The van der Waals surface area contributed by atoms with Crippen LogP contribution < -0.4 is 10.1 Å². The highest BCUT2D eigenvalue weighted by atomic mass is 16.5. The first kappa shape index (κ1) is 14.1. The minimum Gasteiger partial charge on any atom is -0.481 e. The van der Waals surface area contributed by atoms with E-state index in [4.69, 9.17) is 4.74 Å². The van der Waals surface area contributed by atoms with Gasteiger partial charge in [0.1, 0.15) is 5.75 Å². The molecule has 0 fully saturated rings. The number of carbonyl (C=O) groups excluding carboxylic acids is 1. The number of aryl methyl sites for hydroxylation is 1. The fourth-order valence-corrected chi connectivity index (χ4v) is 1.77. The van der Waals surface area contributed by atoms with Crippen molar-refractivity contribution in [3.63, 3.8) is 0 Å². The molecule has 0 unspecified atom stereocenters. The molecule has 2 aromatic rings. The monoisotopic (exact) mass is 270 g/mol. The average molecular weight is 270 g/mol. The molecular formula is C16H18N2O2. The number of benzene rings is 1. The van der Waals surface area contributed by atoms with Gasteiger partial charge < -0.3 is 10.1 Å². The van der Waals surface area contributed by atoms with Crippen molar-refractivity contribution in [2.24, 2.45) is 0 Å². The van der Waals surface area contributed by atoms with E-state index in [1.54, 1.807) is 19.3 Å². The van der Waals surface area contributed by atoms with Gasteiger partial charge in [0, 0.05) is 18.9 Å². The van der Waals surface area contributed by atoms with E-state index in [1.807, 2.05) is 43.3 Å². The number of amides is 1. The van der Waals surface area contributed by atoms with Gasteiger partial charge in [-0.05, 0) is 37.1 Å². The van der Waals surface area contributed by atoms with E-state index in [0.29, 0.717) is 6.54 Å². The zero-order valence-electron chi connectivity index (χ0n) is 11.7. The summed E-state index contributed by atoms with van der Waals surface area (Å²) in [7, 11) is 0. The van der Waals surface area contributed by atoms with Crippen LogP contribution in [0.1, 0.15) is 18.1 Å². The molecule has 0 aliphatic carbocycles. The number of para-hydroxylation sites is 1. The van der Waals surface area contributed by atoms with Crippen molar-refractivity contribution in [2.75, 3.05) is 0 Å². The molecule has 1 atom stereocenters. The van der Waals surface area contributed by atoms with Gasteiger partial charge in [-0.3, -0.25) is 9.78 Å². The molecule has 0 radical (unpaired) electrons. The normalized spacial score (nSPS) is 11.7. The minimum atomic E-state index is -0.534. The molecule has 4 heteroatoms. The number of nitrogens with one attached hydrogen (secondary N) is 1. The molecule has 0 spiro atoms. The van der Waals surface area contributed by atoms with Gasteiger partial charge in [-0.15, -0.1) is 0 Å². The summed E-state index contributed by atoms with van der Waals surface area (Å²) in [6.07, 6.45) is 2.90. The van der Waals surface area contributed by atoms with Crippen molar-refractivity contribution < 1.29 is 9.53 Å². The molecule has 2 rings (SSSR count). The Kier molecular flexibility index (Phi) is 4.71. The lowest BCUT2D eigenvalue weighted by Crippen LogP contribution is -2.36. The van der Waals surface area contributed by atoms with Gasteiger partial charge >= 0.3 is 0 Å². The molecule has 1 aromatic heterocycles. The average Bonchev–Trinajstić information content (AvgIpc) is 2.48. The van der Waals surface area contributed by atoms with Crippen LogP contribution >= 0.6 is 0 Å². The predicted molar refractivity (Wildman–Crippen MR) is 77.4 cm³/mol. The van der Waals surface area contributed by atoms with Crippen molar-refractivity contribution in [3.05, 3.63) is 59.9 Å². The molecule has 1 N–H and O–H groups in total. The lowest BCUT2D eigenvalue weighted by molar-refractivity contribution is -0.127. The molecule has 4 nitrogen and oxygen atoms in total. The molecule has 20 heavy (non-hydrogen) atoms. The number of aromatic nitrogens is 1. The van der Waals surface area contributed by atoms with Crippen molar-refractivity contribution in [3.8, 4) is 5.75 Å². The summed E-state index contributed by atoms with van der Waals surface area (Å²) in [5.74, 6) is 0.591. The summed E-state index contributed by atoms with van der Waals surface area (Å²) in [5.41, 5.74) is 1.98. The number of carbonyl (C=O) groups is 1. The van der Waals surface area contributed by atoms with Gasteiger partial charge in [0.05, 0.1) is 0 Å². The molecule has 1 amide bonds. The summed E-state index contributed by atoms with van der Waals surface area (Å²) in [6.45, 7) is 4.15. The first-order valence-electron chi connectivity index (χ1n) is 6.55. The van der Waals surface area contributed by atoms with Crippen LogP contribution in [-0.2, 0) is 11.3 Å². The topological polar surface area (TPSA) is 51.2 Å². The van der Waals surface area contributed by atoms with Gasteiger partial charge in [0.25, 0.3) is 5.91 Å². The molecule has 0 bridgehead atoms. The van der Waals surface area contributed by atoms with Gasteiger partial charge in [-0.25, -0.2) is 0 Å². The highest BCUT2D eigenvalue weighted by Crippen LogP contribution is 2.17. The molecule has 104 valence electrons. The van der Waals surface area contributed by atoms with Crippen LogP contribution in [0.4, 0.5) is 0 Å². The number of nitrogens with zero attached hydrogens (tertiary/aromatic N) is 1. The maximum atomic E-state index is 12.0. The second-order valence-electron chi connectivity index (χ2n) is 4.60. The maximum Gasteiger partial charge on any atom is 0.261 e. The Morgan fingerprint density at radius 2 is 2.10 bits per heavy atom. The molecule has 1 aromatic carbocycles. The molecule has 0 aliphatic heterocycles. The van der Waals surface area contributed by atoms with Crippen LogP contribution in [0.25, 0.3) is 0 Å². The Balaban J connectivity index is 1.88. The highest BCUT2D eigenvalue weighted by Gasteiger charge is 2.14. The summed E-state index contributed by atoms with van der Waals surface area (Å²) in [5, 5.41) is 2.83. The Morgan fingerprint density at radius 1 is 1.30 bits per heavy atom. The number of rotatable bonds is 5. The zero-order valence-corrected chi connectivity index (χ0v) is 11.7. The van der Waals surface area contributed by atoms with E-state index in [2.05, 4.69) is 10.3 Å². The van der Waals surface area contributed by atoms with Crippen molar-refractivity contribution in [1.82, 2.24) is 10.3 Å². The Hall–Kier alpha value is -2.36. The molecular weight excluding hydrogens is 252 g/mol. The summed E-state index contributed by atoms with van der Waals surface area (Å²) < 4.78 is 5.67. The number of pyridine rings is 1. The fourth-order valence-electron chi connectivity index (χ4n) is 1.77. The van der Waals surface area contributed by atoms with Gasteiger partial charge in [-0.1, -0.05) is 24.3 Å². The van der Waals surface area contributed by atoms with Crippen LogP contribution in [-0.4, -0.2) is 17.0 Å². The third-order valence-electron chi connectivity index (χ3n) is 2.96. The maximum absolute atomic E-state index is 12.0. The Morgan fingerprint density at radius 3 is 2.80 bits per heavy atom. The first-order valence-corrected chi connectivity index (χ1v) is 6.55. The first-order chi connectivity index (χ1) is 9.66. The molecule has 0 saturated heterocycles. The third kappa shape index (κ3) is 3.82. The summed E-state index contributed by atoms with van der Waals surface area (Å²) in [6, 6.07) is 11.4. The van der Waals surface area contributed by atoms with Crippen LogP contribution in [0.3, 0.4) is 0 Å². The molecule has 0 aliphatic rings. The minimum absolute atomic E-state index is 0.142. The fraction of sp³-hybridized carbons (Fsp3) is 0.250. The van der Waals surface area contributed by atoms with Gasteiger partial charge in [-0.2, -0.15) is 0 Å². The van der Waals surface area contributed by atoms with E-state index in [9.17, 15) is 4.79 Å². The number of hydrogen-bond acceptors (Lipinski definition) is 3. The van der Waals surface area contributed by atoms with Crippen LogP contribution in [0.15, 0.2) is 48.8 Å². The number of ether oxygens (including phenoxy) is 1. The second kappa shape index (κ2) is 6.70. The van der Waals surface area contributed by atoms with E-state index < -0.39 is 6.10 Å². The van der Waals surface area contributed by atoms with Gasteiger partial charge in [0.15, 0.2) is 6.10 Å². The van der Waals surface area contributed by atoms with E-state index in [0.717, 1.165) is 16.9 Å². The van der Waals surface area contributed by atoms with Gasteiger partial charge in [0.2, 0.25) is 0 Å². The van der Waals surface area contributed by atoms with Crippen molar-refractivity contribution in [1.29, 1.82) is 0 Å². The zero-order chi connectivity index (χ0) is 14.4. The summed E-state index contributed by atoms with van der Waals surface area (Å²) >= 11 is 0. The quantitative estimate of drug-likeness (QED) is 0.908. The van der Waals surface area contributed by atoms with Crippen LogP contribution in [0.5, 0.6) is 5.75 Å². The Labute approximate surface area is 118 Å².